The van der Waals surface area contributed by atoms with Crippen LogP contribution in [0.3, 0.4) is 0 Å². The lowest BCUT2D eigenvalue weighted by molar-refractivity contribution is -0.133. The topological polar surface area (TPSA) is 41.6 Å². The first kappa shape index (κ1) is 14.0. The molecule has 1 saturated heterocycles. The molecule has 0 radical (unpaired) electrons. The molecular formula is C15H22N2O2. The van der Waals surface area contributed by atoms with Crippen molar-refractivity contribution in [2.75, 3.05) is 13.7 Å². The second kappa shape index (κ2) is 5.31. The molecule has 2 unspecified atom stereocenters. The number of ether oxygens (including phenoxy) is 1. The molecule has 4 nitrogen and oxygen atoms in total. The maximum absolute atomic E-state index is 12.3. The van der Waals surface area contributed by atoms with Crippen LogP contribution in [0.1, 0.15) is 32.5 Å². The summed E-state index contributed by atoms with van der Waals surface area (Å²) in [5.74, 6) is 0.124. The molecule has 1 aliphatic heterocycles. The molecule has 4 heteroatoms. The Morgan fingerprint density at radius 3 is 2.53 bits per heavy atom. The van der Waals surface area contributed by atoms with Crippen LogP contribution in [-0.2, 0) is 9.53 Å². The van der Waals surface area contributed by atoms with Gasteiger partial charge >= 0.3 is 0 Å². The fourth-order valence-electron chi connectivity index (χ4n) is 2.33. The zero-order chi connectivity index (χ0) is 14.0. The first-order valence-corrected chi connectivity index (χ1v) is 6.61. The highest BCUT2D eigenvalue weighted by Crippen LogP contribution is 2.27. The van der Waals surface area contributed by atoms with Gasteiger partial charge in [0.2, 0.25) is 5.91 Å². The van der Waals surface area contributed by atoms with Crippen molar-refractivity contribution in [2.45, 2.75) is 38.6 Å². The minimum absolute atomic E-state index is 0.0712. The van der Waals surface area contributed by atoms with Crippen molar-refractivity contribution >= 4 is 5.91 Å². The van der Waals surface area contributed by atoms with Crippen LogP contribution in [0.25, 0.3) is 0 Å². The number of benzene rings is 1. The maximum Gasteiger partial charge on any atom is 0.241 e. The van der Waals surface area contributed by atoms with Crippen LogP contribution in [0.4, 0.5) is 0 Å². The summed E-state index contributed by atoms with van der Waals surface area (Å²) in [5.41, 5.74) is 0.751. The third-order valence-electron chi connectivity index (χ3n) is 3.59. The van der Waals surface area contributed by atoms with Crippen molar-refractivity contribution in [3.8, 4) is 0 Å². The van der Waals surface area contributed by atoms with Gasteiger partial charge in [-0.3, -0.25) is 10.1 Å². The van der Waals surface area contributed by atoms with E-state index < -0.39 is 0 Å². The Kier molecular flexibility index (Phi) is 3.92. The Balaban J connectivity index is 2.24. The molecule has 1 aromatic rings. The van der Waals surface area contributed by atoms with E-state index in [9.17, 15) is 4.79 Å². The molecule has 1 aromatic carbocycles. The van der Waals surface area contributed by atoms with Gasteiger partial charge in [-0.25, -0.2) is 0 Å². The summed E-state index contributed by atoms with van der Waals surface area (Å²) < 4.78 is 5.45. The summed E-state index contributed by atoms with van der Waals surface area (Å²) >= 11 is 0. The Hall–Kier alpha value is -1.39. The van der Waals surface area contributed by atoms with Crippen LogP contribution in [0, 0.1) is 0 Å². The van der Waals surface area contributed by atoms with E-state index in [1.165, 1.54) is 0 Å². The Morgan fingerprint density at radius 2 is 1.95 bits per heavy atom. The number of carbonyl (C=O) groups is 1. The van der Waals surface area contributed by atoms with Crippen LogP contribution in [-0.4, -0.2) is 36.1 Å². The average Bonchev–Trinajstić information content (AvgIpc) is 2.68. The number of carbonyl (C=O) groups excluding carboxylic acids is 1. The lowest BCUT2D eigenvalue weighted by Gasteiger charge is -2.32. The molecule has 19 heavy (non-hydrogen) atoms. The molecule has 0 aliphatic carbocycles. The molecule has 0 bridgehead atoms. The molecule has 0 spiro atoms. The smallest absolute Gasteiger partial charge is 0.241 e. The van der Waals surface area contributed by atoms with Crippen LogP contribution < -0.4 is 5.32 Å². The normalized spacial score (nSPS) is 24.0. The van der Waals surface area contributed by atoms with E-state index in [1.54, 1.807) is 7.11 Å². The minimum Gasteiger partial charge on any atom is -0.377 e. The molecule has 0 saturated carbocycles. The van der Waals surface area contributed by atoms with E-state index in [0.29, 0.717) is 6.54 Å². The van der Waals surface area contributed by atoms with Crippen molar-refractivity contribution < 1.29 is 9.53 Å². The lowest BCUT2D eigenvalue weighted by atomic mass is 10.1. The maximum atomic E-state index is 12.3. The number of methoxy groups -OCH3 is 1. The van der Waals surface area contributed by atoms with E-state index >= 15 is 0 Å². The van der Waals surface area contributed by atoms with Crippen LogP contribution in [0.15, 0.2) is 30.3 Å². The van der Waals surface area contributed by atoms with Crippen molar-refractivity contribution in [1.82, 2.24) is 10.2 Å². The van der Waals surface area contributed by atoms with Crippen molar-refractivity contribution in [1.29, 1.82) is 0 Å². The summed E-state index contributed by atoms with van der Waals surface area (Å²) in [7, 11) is 1.68. The Labute approximate surface area is 114 Å². The zero-order valence-corrected chi connectivity index (χ0v) is 12.0. The number of hydrogen-bond acceptors (Lipinski definition) is 3. The zero-order valence-electron chi connectivity index (χ0n) is 12.0. The standard InChI is InChI=1S/C15H22N2O2/c1-11-14(18)17(10-15(2,3)19-4)13(16-11)12-8-6-5-7-9-12/h5-9,11,13,16H,10H2,1-4H3. The van der Waals surface area contributed by atoms with E-state index in [2.05, 4.69) is 5.32 Å². The highest BCUT2D eigenvalue weighted by atomic mass is 16.5. The van der Waals surface area contributed by atoms with Crippen LogP contribution in [0.2, 0.25) is 0 Å². The summed E-state index contributed by atoms with van der Waals surface area (Å²) in [6.45, 7) is 6.45. The number of nitrogens with one attached hydrogen (secondary N) is 1. The van der Waals surface area contributed by atoms with Crippen LogP contribution >= 0.6 is 0 Å². The number of hydrogen-bond donors (Lipinski definition) is 1. The Bertz CT molecular complexity index is 445. The predicted molar refractivity (Wildman–Crippen MR) is 74.6 cm³/mol. The van der Waals surface area contributed by atoms with Gasteiger partial charge in [0, 0.05) is 7.11 Å². The van der Waals surface area contributed by atoms with E-state index in [4.69, 9.17) is 4.74 Å². The number of nitrogens with zero attached hydrogens (tertiary/aromatic N) is 1. The average molecular weight is 262 g/mol. The molecule has 104 valence electrons. The third-order valence-corrected chi connectivity index (χ3v) is 3.59. The van der Waals surface area contributed by atoms with Crippen LogP contribution in [0.5, 0.6) is 0 Å². The SMILES string of the molecule is COC(C)(C)CN1C(=O)C(C)NC1c1ccccc1. The van der Waals surface area contributed by atoms with Crippen molar-refractivity contribution in [3.63, 3.8) is 0 Å². The van der Waals surface area contributed by atoms with Crippen molar-refractivity contribution in [3.05, 3.63) is 35.9 Å². The van der Waals surface area contributed by atoms with E-state index in [1.807, 2.05) is 56.0 Å². The van der Waals surface area contributed by atoms with Gasteiger partial charge in [0.05, 0.1) is 18.2 Å². The van der Waals surface area contributed by atoms with Gasteiger partial charge in [0.15, 0.2) is 0 Å². The number of rotatable bonds is 4. The third kappa shape index (κ3) is 2.96. The van der Waals surface area contributed by atoms with E-state index in [-0.39, 0.29) is 23.7 Å². The molecule has 1 amide bonds. The van der Waals surface area contributed by atoms with Gasteiger partial charge in [0.1, 0.15) is 6.17 Å². The fraction of sp³-hybridized carbons (Fsp3) is 0.533. The largest absolute Gasteiger partial charge is 0.377 e. The molecule has 1 aliphatic rings. The molecular weight excluding hydrogens is 240 g/mol. The second-order valence-corrected chi connectivity index (χ2v) is 5.63. The summed E-state index contributed by atoms with van der Waals surface area (Å²) in [6, 6.07) is 9.88. The van der Waals surface area contributed by atoms with Gasteiger partial charge in [0.25, 0.3) is 0 Å². The van der Waals surface area contributed by atoms with E-state index in [0.717, 1.165) is 5.56 Å². The van der Waals surface area contributed by atoms with Gasteiger partial charge in [-0.05, 0) is 26.3 Å². The molecule has 0 aromatic heterocycles. The summed E-state index contributed by atoms with van der Waals surface area (Å²) in [5, 5.41) is 3.34. The molecule has 1 fully saturated rings. The van der Waals surface area contributed by atoms with Gasteiger partial charge in [-0.1, -0.05) is 30.3 Å². The highest BCUT2D eigenvalue weighted by Gasteiger charge is 2.39. The summed E-state index contributed by atoms with van der Waals surface area (Å²) in [4.78, 5) is 14.2. The molecule has 1 N–H and O–H groups in total. The first-order chi connectivity index (χ1) is 8.94. The van der Waals surface area contributed by atoms with Gasteiger partial charge in [-0.2, -0.15) is 0 Å². The molecule has 1 heterocycles. The molecule has 2 rings (SSSR count). The lowest BCUT2D eigenvalue weighted by Crippen LogP contribution is -2.43. The minimum atomic E-state index is -0.353. The van der Waals surface area contributed by atoms with Gasteiger partial charge in [-0.15, -0.1) is 0 Å². The molecule has 2 atom stereocenters. The monoisotopic (exact) mass is 262 g/mol. The fourth-order valence-corrected chi connectivity index (χ4v) is 2.33. The summed E-state index contributed by atoms with van der Waals surface area (Å²) in [6.07, 6.45) is -0.0712. The predicted octanol–water partition coefficient (Wildman–Crippen LogP) is 1.93. The quantitative estimate of drug-likeness (QED) is 0.901. The first-order valence-electron chi connectivity index (χ1n) is 6.61. The Morgan fingerprint density at radius 1 is 1.32 bits per heavy atom. The highest BCUT2D eigenvalue weighted by molar-refractivity contribution is 5.84. The van der Waals surface area contributed by atoms with Crippen molar-refractivity contribution in [2.24, 2.45) is 0 Å². The van der Waals surface area contributed by atoms with Gasteiger partial charge < -0.3 is 9.64 Å². The second-order valence-electron chi connectivity index (χ2n) is 5.63. The number of amides is 1.